The number of carboxylic acids is 1. The van der Waals surface area contributed by atoms with Crippen molar-refractivity contribution in [3.63, 3.8) is 0 Å². The van der Waals surface area contributed by atoms with Crippen molar-refractivity contribution in [2.75, 3.05) is 26.2 Å². The third-order valence-electron chi connectivity index (χ3n) is 4.55. The Hall–Kier alpha value is -1.93. The van der Waals surface area contributed by atoms with Crippen LogP contribution in [0.3, 0.4) is 0 Å². The maximum atomic E-state index is 12.1. The number of carboxylic acid groups (broad SMARTS) is 1. The molecule has 0 aromatic rings. The molecule has 0 aliphatic carbocycles. The van der Waals surface area contributed by atoms with Gasteiger partial charge in [0, 0.05) is 26.2 Å². The highest BCUT2D eigenvalue weighted by atomic mass is 16.4. The molecule has 0 radical (unpaired) electrons. The van der Waals surface area contributed by atoms with Crippen molar-refractivity contribution in [2.45, 2.75) is 26.4 Å². The number of primary amides is 1. The quantitative estimate of drug-likeness (QED) is 0.407. The molecule has 2 heterocycles. The monoisotopic (exact) mass is 325 g/mol. The van der Waals surface area contributed by atoms with Gasteiger partial charge < -0.3 is 20.8 Å². The smallest absolute Gasteiger partial charge is 0.352 e. The maximum absolute atomic E-state index is 12.1. The maximum Gasteiger partial charge on any atom is 0.352 e. The second-order valence-corrected chi connectivity index (χ2v) is 6.20. The number of β-lactam (4-membered cyclic amide) rings is 1. The number of aliphatic carboxylic acids is 1. The van der Waals surface area contributed by atoms with Crippen molar-refractivity contribution in [1.82, 2.24) is 9.80 Å². The normalized spacial score (nSPS) is 24.6. The second-order valence-electron chi connectivity index (χ2n) is 6.20. The predicted molar refractivity (Wildman–Crippen MR) is 81.0 cm³/mol. The summed E-state index contributed by atoms with van der Waals surface area (Å²) in [6.07, 6.45) is -0.298. The Balaban J connectivity index is 2.10. The fourth-order valence-electron chi connectivity index (χ4n) is 2.97. The number of likely N-dealkylation sites (tertiary alicyclic amines) is 2. The van der Waals surface area contributed by atoms with E-state index in [1.807, 2.05) is 11.8 Å². The Morgan fingerprint density at radius 2 is 1.96 bits per heavy atom. The Morgan fingerprint density at radius 1 is 1.35 bits per heavy atom. The SMILES string of the molecule is CC/C(CN1CC(C(N)=O)C1)=C(/C(=O)O)N1CC([C@@H](C)O)C1=O. The van der Waals surface area contributed by atoms with E-state index in [4.69, 9.17) is 5.73 Å². The lowest BCUT2D eigenvalue weighted by Gasteiger charge is -2.42. The first-order chi connectivity index (χ1) is 10.8. The number of carbonyl (C=O) groups excluding carboxylic acids is 2. The fraction of sp³-hybridized carbons (Fsp3) is 0.667. The van der Waals surface area contributed by atoms with E-state index in [0.29, 0.717) is 31.6 Å². The molecule has 0 bridgehead atoms. The van der Waals surface area contributed by atoms with Crippen molar-refractivity contribution >= 4 is 17.8 Å². The number of carbonyl (C=O) groups is 3. The van der Waals surface area contributed by atoms with Crippen molar-refractivity contribution < 1.29 is 24.6 Å². The Morgan fingerprint density at radius 3 is 2.35 bits per heavy atom. The zero-order chi connectivity index (χ0) is 17.3. The molecule has 1 unspecified atom stereocenters. The van der Waals surface area contributed by atoms with Crippen LogP contribution in [0, 0.1) is 11.8 Å². The van der Waals surface area contributed by atoms with Gasteiger partial charge in [-0.1, -0.05) is 6.92 Å². The average molecular weight is 325 g/mol. The van der Waals surface area contributed by atoms with Crippen molar-refractivity contribution in [3.8, 4) is 0 Å². The zero-order valence-electron chi connectivity index (χ0n) is 13.4. The predicted octanol–water partition coefficient (Wildman–Crippen LogP) is -1.01. The zero-order valence-corrected chi connectivity index (χ0v) is 13.4. The van der Waals surface area contributed by atoms with Crippen LogP contribution >= 0.6 is 0 Å². The number of aliphatic hydroxyl groups is 1. The first-order valence-corrected chi connectivity index (χ1v) is 7.72. The van der Waals surface area contributed by atoms with Gasteiger partial charge in [-0.05, 0) is 18.9 Å². The third-order valence-corrected chi connectivity index (χ3v) is 4.55. The van der Waals surface area contributed by atoms with E-state index in [-0.39, 0.29) is 30.0 Å². The molecular formula is C15H23N3O5. The molecule has 2 aliphatic rings. The first-order valence-electron chi connectivity index (χ1n) is 7.72. The van der Waals surface area contributed by atoms with E-state index < -0.39 is 18.0 Å². The van der Waals surface area contributed by atoms with Gasteiger partial charge in [0.25, 0.3) is 0 Å². The van der Waals surface area contributed by atoms with Gasteiger partial charge in [0.05, 0.1) is 17.9 Å². The van der Waals surface area contributed by atoms with Crippen molar-refractivity contribution in [1.29, 1.82) is 0 Å². The van der Waals surface area contributed by atoms with Crippen LogP contribution in [0.5, 0.6) is 0 Å². The summed E-state index contributed by atoms with van der Waals surface area (Å²) in [5.41, 5.74) is 5.86. The Kier molecular flexibility index (Phi) is 5.06. The lowest BCUT2D eigenvalue weighted by atomic mass is 9.91. The van der Waals surface area contributed by atoms with E-state index in [2.05, 4.69) is 0 Å². The topological polar surface area (TPSA) is 124 Å². The molecule has 2 rings (SSSR count). The van der Waals surface area contributed by atoms with Crippen molar-refractivity contribution in [3.05, 3.63) is 11.3 Å². The highest BCUT2D eigenvalue weighted by molar-refractivity contribution is 5.97. The molecule has 4 N–H and O–H groups in total. The van der Waals surface area contributed by atoms with Gasteiger partial charge in [-0.3, -0.25) is 14.5 Å². The van der Waals surface area contributed by atoms with Gasteiger partial charge in [0.15, 0.2) is 0 Å². The molecular weight excluding hydrogens is 302 g/mol. The number of aliphatic hydroxyl groups excluding tert-OH is 1. The van der Waals surface area contributed by atoms with Gasteiger partial charge in [-0.15, -0.1) is 0 Å². The van der Waals surface area contributed by atoms with Crippen LogP contribution < -0.4 is 5.73 Å². The molecule has 0 aromatic heterocycles. The van der Waals surface area contributed by atoms with Crippen LogP contribution in [0.2, 0.25) is 0 Å². The van der Waals surface area contributed by atoms with E-state index in [9.17, 15) is 24.6 Å². The minimum absolute atomic E-state index is 0.00285. The Bertz CT molecular complexity index is 551. The molecule has 8 heteroatoms. The summed E-state index contributed by atoms with van der Waals surface area (Å²) in [7, 11) is 0. The highest BCUT2D eigenvalue weighted by Crippen LogP contribution is 2.29. The third kappa shape index (κ3) is 3.37. The molecule has 8 nitrogen and oxygen atoms in total. The summed E-state index contributed by atoms with van der Waals surface area (Å²) < 4.78 is 0. The molecule has 0 spiro atoms. The average Bonchev–Trinajstić information content (AvgIpc) is 2.40. The van der Waals surface area contributed by atoms with Gasteiger partial charge in [0.2, 0.25) is 11.8 Å². The second kappa shape index (κ2) is 6.67. The van der Waals surface area contributed by atoms with Gasteiger partial charge >= 0.3 is 5.97 Å². The molecule has 128 valence electrons. The number of rotatable bonds is 7. The van der Waals surface area contributed by atoms with Crippen LogP contribution in [0.1, 0.15) is 20.3 Å². The van der Waals surface area contributed by atoms with Crippen LogP contribution in [0.15, 0.2) is 11.3 Å². The number of hydrogen-bond acceptors (Lipinski definition) is 5. The summed E-state index contributed by atoms with van der Waals surface area (Å²) in [6.45, 7) is 4.98. The summed E-state index contributed by atoms with van der Waals surface area (Å²) in [6, 6.07) is 0. The fourth-order valence-corrected chi connectivity index (χ4v) is 2.97. The number of nitrogens with two attached hydrogens (primary N) is 1. The standard InChI is InChI=1S/C15H23N3O5/c1-3-9(4-17-5-10(6-17)13(16)20)12(15(22)23)18-7-11(8(2)19)14(18)21/h8,10-11,19H,3-7H2,1-2H3,(H2,16,20)(H,22,23)/b12-9+/t8-,11?/m1/s1. The van der Waals surface area contributed by atoms with E-state index in [0.717, 1.165) is 0 Å². The summed E-state index contributed by atoms with van der Waals surface area (Å²) in [5.74, 6) is -2.58. The minimum Gasteiger partial charge on any atom is -0.477 e. The number of hydrogen-bond donors (Lipinski definition) is 3. The van der Waals surface area contributed by atoms with Crippen LogP contribution in [-0.4, -0.2) is 70.1 Å². The van der Waals surface area contributed by atoms with Crippen LogP contribution in [0.4, 0.5) is 0 Å². The lowest BCUT2D eigenvalue weighted by molar-refractivity contribution is -0.155. The summed E-state index contributed by atoms with van der Waals surface area (Å²) >= 11 is 0. The van der Waals surface area contributed by atoms with Crippen molar-refractivity contribution in [2.24, 2.45) is 17.6 Å². The summed E-state index contributed by atoms with van der Waals surface area (Å²) in [4.78, 5) is 37.9. The molecule has 0 aromatic carbocycles. The largest absolute Gasteiger partial charge is 0.477 e. The van der Waals surface area contributed by atoms with Crippen LogP contribution in [-0.2, 0) is 14.4 Å². The number of nitrogens with zero attached hydrogens (tertiary/aromatic N) is 2. The van der Waals surface area contributed by atoms with E-state index in [1.165, 1.54) is 11.8 Å². The molecule has 2 saturated heterocycles. The number of amides is 2. The first kappa shape index (κ1) is 17.4. The summed E-state index contributed by atoms with van der Waals surface area (Å²) in [5, 5.41) is 19.0. The molecule has 2 fully saturated rings. The lowest BCUT2D eigenvalue weighted by Crippen LogP contribution is -2.57. The van der Waals surface area contributed by atoms with E-state index in [1.54, 1.807) is 0 Å². The minimum atomic E-state index is -1.15. The Labute approximate surface area is 134 Å². The van der Waals surface area contributed by atoms with E-state index >= 15 is 0 Å². The molecule has 2 aliphatic heterocycles. The molecule has 2 amide bonds. The van der Waals surface area contributed by atoms with Gasteiger partial charge in [-0.25, -0.2) is 4.79 Å². The van der Waals surface area contributed by atoms with Gasteiger partial charge in [0.1, 0.15) is 5.70 Å². The highest BCUT2D eigenvalue weighted by Gasteiger charge is 2.44. The van der Waals surface area contributed by atoms with Crippen LogP contribution in [0.25, 0.3) is 0 Å². The molecule has 2 atom stereocenters. The molecule has 0 saturated carbocycles. The van der Waals surface area contributed by atoms with Gasteiger partial charge in [-0.2, -0.15) is 0 Å². The molecule has 23 heavy (non-hydrogen) atoms.